The zero-order valence-corrected chi connectivity index (χ0v) is 14.7. The third-order valence-corrected chi connectivity index (χ3v) is 4.65. The summed E-state index contributed by atoms with van der Waals surface area (Å²) in [7, 11) is 2.15. The molecular formula is C17H31NO3. The van der Waals surface area contributed by atoms with Gasteiger partial charge in [-0.25, -0.2) is 4.79 Å². The number of likely N-dealkylation sites (tertiary alicyclic amines) is 1. The van der Waals surface area contributed by atoms with E-state index in [2.05, 4.69) is 46.2 Å². The second kappa shape index (κ2) is 6.49. The van der Waals surface area contributed by atoms with Crippen LogP contribution in [0.2, 0.25) is 0 Å². The van der Waals surface area contributed by atoms with Crippen molar-refractivity contribution >= 4 is 5.97 Å². The maximum Gasteiger partial charge on any atom is 0.335 e. The summed E-state index contributed by atoms with van der Waals surface area (Å²) in [6.07, 6.45) is 1.87. The van der Waals surface area contributed by atoms with E-state index in [4.69, 9.17) is 9.47 Å². The molecule has 1 aliphatic heterocycles. The summed E-state index contributed by atoms with van der Waals surface area (Å²) in [4.78, 5) is 14.5. The Morgan fingerprint density at radius 3 is 2.14 bits per heavy atom. The molecule has 1 saturated heterocycles. The molecule has 122 valence electrons. The van der Waals surface area contributed by atoms with Crippen LogP contribution in [0.25, 0.3) is 0 Å². The minimum absolute atomic E-state index is 0.00503. The molecule has 0 bridgehead atoms. The van der Waals surface area contributed by atoms with Crippen LogP contribution in [0.1, 0.15) is 54.4 Å². The highest BCUT2D eigenvalue weighted by Crippen LogP contribution is 2.42. The molecule has 0 saturated carbocycles. The van der Waals surface area contributed by atoms with E-state index >= 15 is 0 Å². The maximum absolute atomic E-state index is 12.1. The normalized spacial score (nSPS) is 22.3. The Kier molecular flexibility index (Phi) is 5.62. The smallest absolute Gasteiger partial charge is 0.335 e. The van der Waals surface area contributed by atoms with Crippen LogP contribution >= 0.6 is 0 Å². The summed E-state index contributed by atoms with van der Waals surface area (Å²) < 4.78 is 10.4. The Bertz CT molecular complexity index is 381. The van der Waals surface area contributed by atoms with Crippen LogP contribution in [0.5, 0.6) is 0 Å². The molecule has 0 spiro atoms. The van der Waals surface area contributed by atoms with Crippen LogP contribution in [-0.2, 0) is 14.3 Å². The Balaban J connectivity index is 2.68. The standard InChI is InChI=1S/C17H31NO3/c1-12(2)20-11-21-15(19)13(3)14-9-16(4,5)18(8)17(6,7)10-14/h12,14H,3,9-11H2,1-2,4-8H3. The molecule has 1 rings (SSSR count). The number of ether oxygens (including phenoxy) is 2. The largest absolute Gasteiger partial charge is 0.435 e. The van der Waals surface area contributed by atoms with Crippen molar-refractivity contribution in [2.45, 2.75) is 71.6 Å². The lowest BCUT2D eigenvalue weighted by molar-refractivity contribution is -0.155. The first-order valence-electron chi connectivity index (χ1n) is 7.69. The zero-order chi connectivity index (χ0) is 16.4. The summed E-state index contributed by atoms with van der Waals surface area (Å²) in [6, 6.07) is 0. The Morgan fingerprint density at radius 1 is 1.24 bits per heavy atom. The summed E-state index contributed by atoms with van der Waals surface area (Å²) in [5.74, 6) is -0.186. The molecule has 1 aliphatic rings. The van der Waals surface area contributed by atoms with Gasteiger partial charge in [0.05, 0.1) is 6.10 Å². The van der Waals surface area contributed by atoms with Gasteiger partial charge >= 0.3 is 5.97 Å². The average Bonchev–Trinajstić information content (AvgIpc) is 2.33. The summed E-state index contributed by atoms with van der Waals surface area (Å²) >= 11 is 0. The number of nitrogens with zero attached hydrogens (tertiary/aromatic N) is 1. The fourth-order valence-corrected chi connectivity index (χ4v) is 3.10. The molecular weight excluding hydrogens is 266 g/mol. The number of rotatable bonds is 5. The number of carbonyl (C=O) groups is 1. The molecule has 0 amide bonds. The van der Waals surface area contributed by atoms with E-state index in [9.17, 15) is 4.79 Å². The highest BCUT2D eigenvalue weighted by Gasteiger charge is 2.44. The van der Waals surface area contributed by atoms with Crippen LogP contribution in [-0.4, -0.2) is 41.9 Å². The first-order chi connectivity index (χ1) is 9.47. The van der Waals surface area contributed by atoms with Crippen molar-refractivity contribution in [3.63, 3.8) is 0 Å². The van der Waals surface area contributed by atoms with Crippen molar-refractivity contribution in [1.82, 2.24) is 4.90 Å². The van der Waals surface area contributed by atoms with Crippen molar-refractivity contribution in [2.75, 3.05) is 13.8 Å². The van der Waals surface area contributed by atoms with Gasteiger partial charge in [-0.2, -0.15) is 0 Å². The van der Waals surface area contributed by atoms with E-state index < -0.39 is 0 Å². The SMILES string of the molecule is C=C(C(=O)OCOC(C)C)C1CC(C)(C)N(C)C(C)(C)C1. The molecule has 0 aromatic carbocycles. The molecule has 0 aromatic heterocycles. The van der Waals surface area contributed by atoms with Crippen molar-refractivity contribution in [1.29, 1.82) is 0 Å². The summed E-state index contributed by atoms with van der Waals surface area (Å²) in [5, 5.41) is 0. The minimum Gasteiger partial charge on any atom is -0.435 e. The molecule has 1 heterocycles. The number of hydrogen-bond acceptors (Lipinski definition) is 4. The molecule has 0 aromatic rings. The second-order valence-corrected chi connectivity index (χ2v) is 7.58. The fourth-order valence-electron chi connectivity index (χ4n) is 3.10. The molecule has 0 unspecified atom stereocenters. The van der Waals surface area contributed by atoms with Crippen molar-refractivity contribution in [3.8, 4) is 0 Å². The van der Waals surface area contributed by atoms with Gasteiger partial charge in [0.1, 0.15) is 0 Å². The van der Waals surface area contributed by atoms with E-state index in [1.807, 2.05) is 13.8 Å². The average molecular weight is 297 g/mol. The van der Waals surface area contributed by atoms with E-state index in [-0.39, 0.29) is 35.9 Å². The van der Waals surface area contributed by atoms with E-state index in [0.29, 0.717) is 5.57 Å². The van der Waals surface area contributed by atoms with Gasteiger partial charge in [-0.1, -0.05) is 6.58 Å². The lowest BCUT2D eigenvalue weighted by atomic mass is 9.71. The molecule has 1 fully saturated rings. The minimum atomic E-state index is -0.336. The van der Waals surface area contributed by atoms with Gasteiger partial charge in [0.25, 0.3) is 0 Å². The van der Waals surface area contributed by atoms with E-state index in [1.54, 1.807) is 0 Å². The summed E-state index contributed by atoms with van der Waals surface area (Å²) in [5.41, 5.74) is 0.630. The van der Waals surface area contributed by atoms with Crippen LogP contribution in [0.15, 0.2) is 12.2 Å². The predicted molar refractivity (Wildman–Crippen MR) is 85.0 cm³/mol. The van der Waals surface area contributed by atoms with Crippen molar-refractivity contribution in [3.05, 3.63) is 12.2 Å². The van der Waals surface area contributed by atoms with Gasteiger partial charge < -0.3 is 9.47 Å². The number of hydrogen-bond donors (Lipinski definition) is 0. The lowest BCUT2D eigenvalue weighted by Gasteiger charge is -2.53. The quantitative estimate of drug-likeness (QED) is 0.443. The predicted octanol–water partition coefficient (Wildman–Crippen LogP) is 3.37. The molecule has 0 atom stereocenters. The lowest BCUT2D eigenvalue weighted by Crippen LogP contribution is -2.58. The van der Waals surface area contributed by atoms with Crippen LogP contribution in [0.4, 0.5) is 0 Å². The van der Waals surface area contributed by atoms with Gasteiger partial charge in [-0.3, -0.25) is 4.90 Å². The third-order valence-electron chi connectivity index (χ3n) is 4.65. The Labute approximate surface area is 129 Å². The van der Waals surface area contributed by atoms with E-state index in [1.165, 1.54) is 0 Å². The van der Waals surface area contributed by atoms with Crippen molar-refractivity contribution < 1.29 is 14.3 Å². The van der Waals surface area contributed by atoms with Gasteiger partial charge in [0.2, 0.25) is 0 Å². The Morgan fingerprint density at radius 2 is 1.71 bits per heavy atom. The first kappa shape index (κ1) is 18.2. The molecule has 4 nitrogen and oxygen atoms in total. The zero-order valence-electron chi connectivity index (χ0n) is 14.7. The van der Waals surface area contributed by atoms with Crippen LogP contribution in [0, 0.1) is 5.92 Å². The first-order valence-corrected chi connectivity index (χ1v) is 7.69. The van der Waals surface area contributed by atoms with Crippen molar-refractivity contribution in [2.24, 2.45) is 5.92 Å². The van der Waals surface area contributed by atoms with E-state index in [0.717, 1.165) is 12.8 Å². The summed E-state index contributed by atoms with van der Waals surface area (Å²) in [6.45, 7) is 16.6. The molecule has 21 heavy (non-hydrogen) atoms. The molecule has 0 radical (unpaired) electrons. The van der Waals surface area contributed by atoms with Gasteiger partial charge in [0.15, 0.2) is 6.79 Å². The fraction of sp³-hybridized carbons (Fsp3) is 0.824. The van der Waals surface area contributed by atoms with Gasteiger partial charge in [-0.05, 0) is 67.3 Å². The number of esters is 1. The van der Waals surface area contributed by atoms with Crippen LogP contribution in [0.3, 0.4) is 0 Å². The topological polar surface area (TPSA) is 38.8 Å². The highest BCUT2D eigenvalue weighted by molar-refractivity contribution is 5.88. The molecule has 4 heteroatoms. The third kappa shape index (κ3) is 4.55. The number of piperidine rings is 1. The number of carbonyl (C=O) groups excluding carboxylic acids is 1. The van der Waals surface area contributed by atoms with Gasteiger partial charge in [0, 0.05) is 16.7 Å². The maximum atomic E-state index is 12.1. The monoisotopic (exact) mass is 297 g/mol. The highest BCUT2D eigenvalue weighted by atomic mass is 16.7. The van der Waals surface area contributed by atoms with Gasteiger partial charge in [-0.15, -0.1) is 0 Å². The second-order valence-electron chi connectivity index (χ2n) is 7.58. The van der Waals surface area contributed by atoms with Crippen LogP contribution < -0.4 is 0 Å². The molecule has 0 aliphatic carbocycles. The Hall–Kier alpha value is -0.870. The molecule has 0 N–H and O–H groups in total.